The fraction of sp³-hybridized carbons (Fsp3) is 0.136. The van der Waals surface area contributed by atoms with Gasteiger partial charge in [0.2, 0.25) is 0 Å². The quantitative estimate of drug-likeness (QED) is 0.640. The zero-order valence-electron chi connectivity index (χ0n) is 15.7. The van der Waals surface area contributed by atoms with Gasteiger partial charge in [-0.25, -0.2) is 4.79 Å². The number of hydrogen-bond acceptors (Lipinski definition) is 3. The first kappa shape index (κ1) is 21.3. The second-order valence-corrected chi connectivity index (χ2v) is 6.10. The molecule has 146 valence electrons. The minimum absolute atomic E-state index is 0. The van der Waals surface area contributed by atoms with Crippen LogP contribution < -0.4 is 32.9 Å². The van der Waals surface area contributed by atoms with Crippen molar-refractivity contribution in [3.05, 3.63) is 89.5 Å². The number of methoxy groups -OCH3 is 1. The minimum Gasteiger partial charge on any atom is -1.00 e. The summed E-state index contributed by atoms with van der Waals surface area (Å²) in [5.74, 6) is 1.07. The Morgan fingerprint density at radius 2 is 1.64 bits per heavy atom. The molecule has 0 fully saturated rings. The van der Waals surface area contributed by atoms with Crippen LogP contribution >= 0.6 is 0 Å². The number of carbonyl (C=O) groups excluding carboxylic acids is 1. The zero-order valence-corrected chi connectivity index (χ0v) is 16.4. The highest BCUT2D eigenvalue weighted by Crippen LogP contribution is 2.25. The van der Waals surface area contributed by atoms with E-state index in [4.69, 9.17) is 9.47 Å². The molecule has 3 aromatic carbocycles. The Hall–Kier alpha value is -3.02. The summed E-state index contributed by atoms with van der Waals surface area (Å²) in [6.45, 7) is 0.515. The third-order valence-corrected chi connectivity index (χ3v) is 4.20. The summed E-state index contributed by atoms with van der Waals surface area (Å²) in [6, 6.07) is 23.3. The molecule has 0 saturated carbocycles. The first-order valence-electron chi connectivity index (χ1n) is 8.76. The summed E-state index contributed by atoms with van der Waals surface area (Å²) in [5.41, 5.74) is 7.79. The Bertz CT molecular complexity index is 899. The molecule has 0 aliphatic carbocycles. The van der Waals surface area contributed by atoms with Crippen molar-refractivity contribution in [3.8, 4) is 11.5 Å². The second-order valence-electron chi connectivity index (χ2n) is 6.10. The number of nitrogens with one attached hydrogen (secondary N) is 1. The lowest BCUT2D eigenvalue weighted by atomic mass is 10.1. The molecule has 6 heteroatoms. The summed E-state index contributed by atoms with van der Waals surface area (Å²) in [7, 11) is 1.57. The van der Waals surface area contributed by atoms with Crippen LogP contribution in [0.15, 0.2) is 72.8 Å². The van der Waals surface area contributed by atoms with E-state index in [-0.39, 0.29) is 12.4 Å². The smallest absolute Gasteiger partial charge is 0.417 e. The van der Waals surface area contributed by atoms with Gasteiger partial charge in [0.1, 0.15) is 18.0 Å². The summed E-state index contributed by atoms with van der Waals surface area (Å²) < 4.78 is 10.6. The summed E-state index contributed by atoms with van der Waals surface area (Å²) in [5, 5.41) is 2.75. The van der Waals surface area contributed by atoms with E-state index < -0.39 is 6.09 Å². The molecule has 1 amide bonds. The van der Waals surface area contributed by atoms with Crippen LogP contribution in [0.4, 0.5) is 10.5 Å². The fourth-order valence-corrected chi connectivity index (χ4v) is 2.74. The number of benzene rings is 3. The van der Waals surface area contributed by atoms with Gasteiger partial charge in [-0.15, -0.1) is 0 Å². The molecule has 0 aliphatic heterocycles. The van der Waals surface area contributed by atoms with Crippen molar-refractivity contribution in [2.24, 2.45) is 0 Å². The Balaban J connectivity index is 0.00000280. The highest BCUT2D eigenvalue weighted by Gasteiger charge is 2.11. The maximum absolute atomic E-state index is 12.2. The topological polar surface area (TPSA) is 75.2 Å². The standard InChI is InChI=1S/C22H22N2O3.ClH/c1-26-20-12-9-18(15-23)21(14-20)27-22(25)24-19-10-7-17(8-11-19)13-16-5-3-2-4-6-16;/h2-12,14H,13,15,23H2,1H3,(H,24,25);1H. The third-order valence-electron chi connectivity index (χ3n) is 4.20. The molecule has 4 N–H and O–H groups in total. The van der Waals surface area contributed by atoms with Crippen molar-refractivity contribution in [3.63, 3.8) is 0 Å². The van der Waals surface area contributed by atoms with Gasteiger partial charge in [-0.1, -0.05) is 42.5 Å². The monoisotopic (exact) mass is 398 g/mol. The summed E-state index contributed by atoms with van der Waals surface area (Å²) in [6.07, 6.45) is 0.302. The first-order valence-corrected chi connectivity index (χ1v) is 8.76. The van der Waals surface area contributed by atoms with Crippen LogP contribution in [0.5, 0.6) is 11.5 Å². The molecule has 3 rings (SSSR count). The fourth-order valence-electron chi connectivity index (χ4n) is 2.74. The molecule has 0 saturated heterocycles. The van der Waals surface area contributed by atoms with Crippen molar-refractivity contribution in [1.29, 1.82) is 0 Å². The lowest BCUT2D eigenvalue weighted by Gasteiger charge is -2.11. The molecule has 0 atom stereocenters. The van der Waals surface area contributed by atoms with Crippen molar-refractivity contribution >= 4 is 11.8 Å². The average Bonchev–Trinajstić information content (AvgIpc) is 2.70. The average molecular weight is 399 g/mol. The molecule has 0 aromatic heterocycles. The van der Waals surface area contributed by atoms with E-state index in [0.717, 1.165) is 12.0 Å². The van der Waals surface area contributed by atoms with Gasteiger partial charge in [0.05, 0.1) is 7.11 Å². The Morgan fingerprint density at radius 3 is 2.29 bits per heavy atom. The lowest BCUT2D eigenvalue weighted by Crippen LogP contribution is -3.00. The van der Waals surface area contributed by atoms with Crippen molar-refractivity contribution in [1.82, 2.24) is 0 Å². The van der Waals surface area contributed by atoms with Gasteiger partial charge in [0.25, 0.3) is 0 Å². The van der Waals surface area contributed by atoms with E-state index in [1.54, 1.807) is 13.2 Å². The van der Waals surface area contributed by atoms with Crippen LogP contribution in [0, 0.1) is 0 Å². The summed E-state index contributed by atoms with van der Waals surface area (Å²) >= 11 is 0. The van der Waals surface area contributed by atoms with E-state index >= 15 is 0 Å². The highest BCUT2D eigenvalue weighted by atomic mass is 35.5. The van der Waals surface area contributed by atoms with Gasteiger partial charge < -0.3 is 27.6 Å². The van der Waals surface area contributed by atoms with Crippen LogP contribution in [0.25, 0.3) is 0 Å². The molecule has 0 heterocycles. The number of ether oxygens (including phenoxy) is 2. The number of carbonyl (C=O) groups is 1. The molecule has 0 aliphatic rings. The normalized spacial score (nSPS) is 9.93. The van der Waals surface area contributed by atoms with Crippen LogP contribution in [-0.2, 0) is 13.0 Å². The summed E-state index contributed by atoms with van der Waals surface area (Å²) in [4.78, 5) is 12.2. The van der Waals surface area contributed by atoms with E-state index in [9.17, 15) is 4.79 Å². The van der Waals surface area contributed by atoms with Crippen molar-refractivity contribution < 1.29 is 32.4 Å². The Morgan fingerprint density at radius 1 is 0.964 bits per heavy atom. The largest absolute Gasteiger partial charge is 1.00 e. The van der Waals surface area contributed by atoms with Crippen molar-refractivity contribution in [2.45, 2.75) is 13.0 Å². The van der Waals surface area contributed by atoms with E-state index in [2.05, 4.69) is 23.2 Å². The predicted molar refractivity (Wildman–Crippen MR) is 105 cm³/mol. The van der Waals surface area contributed by atoms with Gasteiger partial charge in [-0.3, -0.25) is 5.32 Å². The maximum atomic E-state index is 12.2. The molecular formula is C22H23ClN2O3. The maximum Gasteiger partial charge on any atom is 0.417 e. The first-order chi connectivity index (χ1) is 13.2. The molecule has 0 bridgehead atoms. The molecule has 5 nitrogen and oxygen atoms in total. The van der Waals surface area contributed by atoms with Gasteiger partial charge >= 0.3 is 6.09 Å². The SMILES string of the molecule is COc1ccc(C[NH3+])c(OC(=O)Nc2ccc(Cc3ccccc3)cc2)c1.[Cl-]. The number of hydrogen-bond donors (Lipinski definition) is 2. The highest BCUT2D eigenvalue weighted by molar-refractivity contribution is 5.86. The third kappa shape index (κ3) is 5.74. The number of halogens is 1. The Kier molecular flexibility index (Phi) is 7.87. The number of quaternary nitrogens is 1. The number of rotatable bonds is 6. The molecular weight excluding hydrogens is 376 g/mol. The molecule has 28 heavy (non-hydrogen) atoms. The van der Waals surface area contributed by atoms with Gasteiger partial charge in [-0.2, -0.15) is 0 Å². The van der Waals surface area contributed by atoms with Crippen LogP contribution in [0.3, 0.4) is 0 Å². The zero-order chi connectivity index (χ0) is 19.1. The van der Waals surface area contributed by atoms with Crippen LogP contribution in [0.2, 0.25) is 0 Å². The lowest BCUT2D eigenvalue weighted by molar-refractivity contribution is -0.386. The van der Waals surface area contributed by atoms with Crippen LogP contribution in [-0.4, -0.2) is 13.2 Å². The molecule has 0 spiro atoms. The van der Waals surface area contributed by atoms with Gasteiger partial charge in [-0.05, 0) is 41.8 Å². The van der Waals surface area contributed by atoms with Crippen molar-refractivity contribution in [2.75, 3.05) is 12.4 Å². The molecule has 0 unspecified atom stereocenters. The van der Waals surface area contributed by atoms with E-state index in [0.29, 0.717) is 23.7 Å². The predicted octanol–water partition coefficient (Wildman–Crippen LogP) is 0.643. The number of amides is 1. The minimum atomic E-state index is -0.547. The van der Waals surface area contributed by atoms with Gasteiger partial charge in [0, 0.05) is 17.3 Å². The Labute approximate surface area is 170 Å². The number of anilines is 1. The second kappa shape index (κ2) is 10.3. The van der Waals surface area contributed by atoms with Crippen LogP contribution in [0.1, 0.15) is 16.7 Å². The van der Waals surface area contributed by atoms with E-state index in [1.165, 1.54) is 11.1 Å². The van der Waals surface area contributed by atoms with Gasteiger partial charge in [0.15, 0.2) is 0 Å². The molecule has 0 radical (unpaired) electrons. The van der Waals surface area contributed by atoms with E-state index in [1.807, 2.05) is 54.6 Å². The molecule has 3 aromatic rings.